The van der Waals surface area contributed by atoms with Gasteiger partial charge in [0, 0.05) is 0 Å². The summed E-state index contributed by atoms with van der Waals surface area (Å²) in [5.74, 6) is -1.60. The van der Waals surface area contributed by atoms with Crippen LogP contribution in [0.5, 0.6) is 0 Å². The van der Waals surface area contributed by atoms with Crippen LogP contribution >= 0.6 is 0 Å². The molecular formula is C16H25NO4. The van der Waals surface area contributed by atoms with E-state index in [2.05, 4.69) is 5.16 Å². The van der Waals surface area contributed by atoms with Gasteiger partial charge in [0.2, 0.25) is 0 Å². The summed E-state index contributed by atoms with van der Waals surface area (Å²) in [6.07, 6.45) is 3.37. The maximum absolute atomic E-state index is 12.5. The lowest BCUT2D eigenvalue weighted by Gasteiger charge is -2.36. The Morgan fingerprint density at radius 3 is 2.62 bits per heavy atom. The molecule has 1 rings (SSSR count). The number of allylic oxidation sites excluding steroid dienone is 1. The highest BCUT2D eigenvalue weighted by molar-refractivity contribution is 6.20. The molecule has 0 aromatic rings. The second kappa shape index (κ2) is 7.38. The SMILES string of the molecule is C/C=C(\C)C1(C)CC(=O)C(/C(CCC)=N/OCC)C(=O)O1. The lowest BCUT2D eigenvalue weighted by Crippen LogP contribution is -2.49. The van der Waals surface area contributed by atoms with Crippen LogP contribution in [0.4, 0.5) is 0 Å². The molecule has 5 nitrogen and oxygen atoms in total. The average molecular weight is 295 g/mol. The molecule has 0 spiro atoms. The van der Waals surface area contributed by atoms with Crippen molar-refractivity contribution in [2.45, 2.75) is 59.5 Å². The molecule has 0 saturated carbocycles. The highest BCUT2D eigenvalue weighted by Gasteiger charge is 2.46. The summed E-state index contributed by atoms with van der Waals surface area (Å²) >= 11 is 0. The number of Topliss-reactive ketones (excluding diaryl/α,β-unsaturated/α-hetero) is 1. The van der Waals surface area contributed by atoms with E-state index in [0.29, 0.717) is 18.7 Å². The zero-order valence-corrected chi connectivity index (χ0v) is 13.6. The molecule has 118 valence electrons. The summed E-state index contributed by atoms with van der Waals surface area (Å²) in [4.78, 5) is 29.8. The molecule has 1 aliphatic heterocycles. The van der Waals surface area contributed by atoms with E-state index in [1.54, 1.807) is 13.8 Å². The highest BCUT2D eigenvalue weighted by Crippen LogP contribution is 2.33. The molecule has 5 heteroatoms. The number of ether oxygens (including phenoxy) is 1. The second-order valence-corrected chi connectivity index (χ2v) is 5.45. The van der Waals surface area contributed by atoms with E-state index < -0.39 is 17.5 Å². The third-order valence-electron chi connectivity index (χ3n) is 3.81. The van der Waals surface area contributed by atoms with Crippen molar-refractivity contribution < 1.29 is 19.2 Å². The number of cyclic esters (lactones) is 1. The number of nitrogens with zero attached hydrogens (tertiary/aromatic N) is 1. The Morgan fingerprint density at radius 2 is 2.14 bits per heavy atom. The van der Waals surface area contributed by atoms with Crippen molar-refractivity contribution in [3.05, 3.63) is 11.6 Å². The predicted molar refractivity (Wildman–Crippen MR) is 81.0 cm³/mol. The van der Waals surface area contributed by atoms with Gasteiger partial charge in [-0.05, 0) is 39.7 Å². The van der Waals surface area contributed by atoms with Crippen LogP contribution in [0.2, 0.25) is 0 Å². The summed E-state index contributed by atoms with van der Waals surface area (Å²) in [6, 6.07) is 0. The van der Waals surface area contributed by atoms with Crippen molar-refractivity contribution in [1.29, 1.82) is 0 Å². The average Bonchev–Trinajstić information content (AvgIpc) is 2.42. The molecule has 0 aliphatic carbocycles. The van der Waals surface area contributed by atoms with Crippen molar-refractivity contribution in [3.8, 4) is 0 Å². The number of carbonyl (C=O) groups is 2. The van der Waals surface area contributed by atoms with E-state index in [4.69, 9.17) is 9.57 Å². The number of carbonyl (C=O) groups excluding carboxylic acids is 2. The molecule has 1 aliphatic rings. The van der Waals surface area contributed by atoms with Gasteiger partial charge in [0.15, 0.2) is 11.7 Å². The van der Waals surface area contributed by atoms with E-state index >= 15 is 0 Å². The predicted octanol–water partition coefficient (Wildman–Crippen LogP) is 3.04. The zero-order chi connectivity index (χ0) is 16.0. The molecule has 0 aromatic heterocycles. The highest BCUT2D eigenvalue weighted by atomic mass is 16.6. The first-order valence-corrected chi connectivity index (χ1v) is 7.47. The van der Waals surface area contributed by atoms with Crippen LogP contribution in [-0.2, 0) is 19.2 Å². The van der Waals surface area contributed by atoms with Gasteiger partial charge >= 0.3 is 5.97 Å². The maximum Gasteiger partial charge on any atom is 0.323 e. The Balaban J connectivity index is 3.03. The Bertz CT molecular complexity index is 447. The Kier molecular flexibility index (Phi) is 6.12. The number of oxime groups is 1. The first-order chi connectivity index (χ1) is 9.89. The molecule has 0 aromatic carbocycles. The third kappa shape index (κ3) is 3.93. The van der Waals surface area contributed by atoms with Gasteiger partial charge in [-0.1, -0.05) is 24.6 Å². The van der Waals surface area contributed by atoms with Gasteiger partial charge in [-0.25, -0.2) is 0 Å². The van der Waals surface area contributed by atoms with Gasteiger partial charge in [-0.15, -0.1) is 0 Å². The number of ketones is 1. The third-order valence-corrected chi connectivity index (χ3v) is 3.81. The minimum absolute atomic E-state index is 0.151. The Morgan fingerprint density at radius 1 is 1.48 bits per heavy atom. The molecule has 2 atom stereocenters. The van der Waals surface area contributed by atoms with Crippen LogP contribution in [0.3, 0.4) is 0 Å². The lowest BCUT2D eigenvalue weighted by molar-refractivity contribution is -0.168. The van der Waals surface area contributed by atoms with Gasteiger partial charge in [0.05, 0.1) is 12.1 Å². The van der Waals surface area contributed by atoms with Crippen LogP contribution < -0.4 is 0 Å². The minimum Gasteiger partial charge on any atom is -0.454 e. The largest absolute Gasteiger partial charge is 0.454 e. The van der Waals surface area contributed by atoms with Crippen LogP contribution in [0, 0.1) is 5.92 Å². The molecule has 2 unspecified atom stereocenters. The molecule has 0 radical (unpaired) electrons. The van der Waals surface area contributed by atoms with Gasteiger partial charge in [-0.3, -0.25) is 9.59 Å². The van der Waals surface area contributed by atoms with Crippen molar-refractivity contribution >= 4 is 17.5 Å². The molecular weight excluding hydrogens is 270 g/mol. The summed E-state index contributed by atoms with van der Waals surface area (Å²) in [5.41, 5.74) is 0.499. The molecule has 1 heterocycles. The van der Waals surface area contributed by atoms with Crippen LogP contribution in [-0.4, -0.2) is 29.7 Å². The molecule has 0 N–H and O–H groups in total. The fourth-order valence-corrected chi connectivity index (χ4v) is 2.38. The first kappa shape index (κ1) is 17.4. The minimum atomic E-state index is -0.922. The zero-order valence-electron chi connectivity index (χ0n) is 13.6. The van der Waals surface area contributed by atoms with Gasteiger partial charge in [0.25, 0.3) is 0 Å². The maximum atomic E-state index is 12.5. The number of rotatable bonds is 6. The number of esters is 1. The van der Waals surface area contributed by atoms with Gasteiger partial charge in [-0.2, -0.15) is 0 Å². The van der Waals surface area contributed by atoms with Crippen LogP contribution in [0.15, 0.2) is 16.8 Å². The topological polar surface area (TPSA) is 65.0 Å². The fraction of sp³-hybridized carbons (Fsp3) is 0.688. The van der Waals surface area contributed by atoms with Gasteiger partial charge in [0.1, 0.15) is 12.2 Å². The smallest absolute Gasteiger partial charge is 0.323 e. The van der Waals surface area contributed by atoms with Crippen LogP contribution in [0.25, 0.3) is 0 Å². The number of hydrogen-bond acceptors (Lipinski definition) is 5. The molecule has 1 fully saturated rings. The molecule has 0 amide bonds. The van der Waals surface area contributed by atoms with E-state index in [9.17, 15) is 9.59 Å². The van der Waals surface area contributed by atoms with Crippen LogP contribution in [0.1, 0.15) is 53.9 Å². The molecule has 0 bridgehead atoms. The van der Waals surface area contributed by atoms with E-state index in [1.807, 2.05) is 26.8 Å². The molecule has 1 saturated heterocycles. The molecule has 21 heavy (non-hydrogen) atoms. The van der Waals surface area contributed by atoms with Crippen molar-refractivity contribution in [3.63, 3.8) is 0 Å². The van der Waals surface area contributed by atoms with Crippen molar-refractivity contribution in [1.82, 2.24) is 0 Å². The quantitative estimate of drug-likeness (QED) is 0.248. The van der Waals surface area contributed by atoms with E-state index in [0.717, 1.165) is 12.0 Å². The van der Waals surface area contributed by atoms with Crippen molar-refractivity contribution in [2.75, 3.05) is 6.61 Å². The number of hydrogen-bond donors (Lipinski definition) is 0. The summed E-state index contributed by atoms with van der Waals surface area (Å²) < 4.78 is 5.55. The summed E-state index contributed by atoms with van der Waals surface area (Å²) in [6.45, 7) is 9.67. The lowest BCUT2D eigenvalue weighted by atomic mass is 9.81. The monoisotopic (exact) mass is 295 g/mol. The van der Waals surface area contributed by atoms with E-state index in [1.165, 1.54) is 0 Å². The Labute approximate surface area is 126 Å². The fourth-order valence-electron chi connectivity index (χ4n) is 2.38. The van der Waals surface area contributed by atoms with E-state index in [-0.39, 0.29) is 12.2 Å². The standard InChI is InChI=1S/C16H25NO4/c1-6-9-12(17-20-8-3)14-13(18)10-16(5,11(4)7-2)21-15(14)19/h7,14H,6,8-10H2,1-5H3/b11-7+,17-12+. The second-order valence-electron chi connectivity index (χ2n) is 5.45. The van der Waals surface area contributed by atoms with Crippen molar-refractivity contribution in [2.24, 2.45) is 11.1 Å². The first-order valence-electron chi connectivity index (χ1n) is 7.47. The summed E-state index contributed by atoms with van der Waals surface area (Å²) in [7, 11) is 0. The summed E-state index contributed by atoms with van der Waals surface area (Å²) in [5, 5.41) is 3.95. The Hall–Kier alpha value is -1.65. The normalized spacial score (nSPS) is 27.6. The van der Waals surface area contributed by atoms with Gasteiger partial charge < -0.3 is 9.57 Å².